The normalized spacial score (nSPS) is 16.4. The molecule has 0 saturated heterocycles. The number of rotatable bonds is 5. The molecule has 0 aliphatic heterocycles. The van der Waals surface area contributed by atoms with Gasteiger partial charge in [0.05, 0.1) is 24.5 Å². The van der Waals surface area contributed by atoms with Crippen molar-refractivity contribution in [2.24, 2.45) is 0 Å². The first-order valence-corrected chi connectivity index (χ1v) is 10.2. The molecule has 0 radical (unpaired) electrons. The number of aryl methyl sites for hydroxylation is 1. The van der Waals surface area contributed by atoms with E-state index in [0.717, 1.165) is 30.5 Å². The smallest absolute Gasteiger partial charge is 0.222 e. The van der Waals surface area contributed by atoms with Gasteiger partial charge in [-0.25, -0.2) is 9.67 Å². The molecule has 2 aromatic heterocycles. The van der Waals surface area contributed by atoms with Crippen molar-refractivity contribution >= 4 is 5.91 Å². The zero-order chi connectivity index (χ0) is 20.4. The van der Waals surface area contributed by atoms with Gasteiger partial charge in [0.25, 0.3) is 0 Å². The summed E-state index contributed by atoms with van der Waals surface area (Å²) >= 11 is 0. The van der Waals surface area contributed by atoms with E-state index >= 15 is 0 Å². The van der Waals surface area contributed by atoms with Crippen molar-refractivity contribution in [3.63, 3.8) is 0 Å². The first-order chi connectivity index (χ1) is 13.9. The van der Waals surface area contributed by atoms with Crippen LogP contribution < -0.4 is 5.32 Å². The first-order valence-electron chi connectivity index (χ1n) is 10.2. The number of hydrogen-bond acceptors (Lipinski definition) is 4. The van der Waals surface area contributed by atoms with E-state index in [-0.39, 0.29) is 17.4 Å². The highest BCUT2D eigenvalue weighted by Gasteiger charge is 2.26. The predicted octanol–water partition coefficient (Wildman–Crippen LogP) is 3.35. The third kappa shape index (κ3) is 4.23. The molecule has 1 amide bonds. The van der Waals surface area contributed by atoms with Crippen LogP contribution in [0.3, 0.4) is 0 Å². The third-order valence-corrected chi connectivity index (χ3v) is 5.53. The van der Waals surface area contributed by atoms with Gasteiger partial charge in [0.1, 0.15) is 12.7 Å². The maximum absolute atomic E-state index is 12.4. The molecule has 3 aromatic rings. The number of carbonyl (C=O) groups excluding carboxylic acids is 1. The Labute approximate surface area is 171 Å². The fraction of sp³-hybridized carbons (Fsp3) is 0.455. The third-order valence-electron chi connectivity index (χ3n) is 5.53. The van der Waals surface area contributed by atoms with Crippen molar-refractivity contribution in [3.8, 4) is 5.69 Å². The van der Waals surface area contributed by atoms with Crippen LogP contribution in [-0.4, -0.2) is 30.5 Å². The molecule has 7 heteroatoms. The Morgan fingerprint density at radius 2 is 2.00 bits per heavy atom. The fourth-order valence-corrected chi connectivity index (χ4v) is 3.86. The number of carbonyl (C=O) groups is 1. The van der Waals surface area contributed by atoms with Gasteiger partial charge in [-0.2, -0.15) is 10.2 Å². The lowest BCUT2D eigenvalue weighted by Crippen LogP contribution is -2.31. The van der Waals surface area contributed by atoms with Gasteiger partial charge in [-0.1, -0.05) is 32.9 Å². The zero-order valence-electron chi connectivity index (χ0n) is 17.3. The summed E-state index contributed by atoms with van der Waals surface area (Å²) in [7, 11) is 0. The number of nitrogens with zero attached hydrogens (tertiary/aromatic N) is 5. The van der Waals surface area contributed by atoms with E-state index in [1.54, 1.807) is 11.0 Å². The fourth-order valence-electron chi connectivity index (χ4n) is 3.86. The maximum atomic E-state index is 12.4. The molecule has 1 aromatic carbocycles. The number of aromatic nitrogens is 5. The van der Waals surface area contributed by atoms with E-state index < -0.39 is 0 Å². The standard InChI is InChI=1S/C22H28N6O/c1-22(2,3)16-7-9-17(10-8-16)28-20-6-4-5-19(18(20)13-24-28)26-21(29)11-12-27-15-23-14-25-27/h7-10,13-15,19H,4-6,11-12H2,1-3H3,(H,26,29)/t19-/m0/s1. The molecule has 152 valence electrons. The Hall–Kier alpha value is -2.96. The minimum Gasteiger partial charge on any atom is -0.349 e. The summed E-state index contributed by atoms with van der Waals surface area (Å²) in [6, 6.07) is 8.64. The van der Waals surface area contributed by atoms with Crippen LogP contribution in [0, 0.1) is 0 Å². The zero-order valence-corrected chi connectivity index (χ0v) is 17.3. The lowest BCUT2D eigenvalue weighted by Gasteiger charge is -2.24. The van der Waals surface area contributed by atoms with Gasteiger partial charge in [-0.05, 0) is 42.4 Å². The van der Waals surface area contributed by atoms with E-state index in [9.17, 15) is 4.79 Å². The average Bonchev–Trinajstić information content (AvgIpc) is 3.36. The molecular formula is C22H28N6O. The quantitative estimate of drug-likeness (QED) is 0.722. The molecule has 0 unspecified atom stereocenters. The van der Waals surface area contributed by atoms with Gasteiger partial charge in [0, 0.05) is 17.7 Å². The molecule has 1 atom stereocenters. The summed E-state index contributed by atoms with van der Waals surface area (Å²) < 4.78 is 3.70. The van der Waals surface area contributed by atoms with Crippen molar-refractivity contribution in [3.05, 3.63) is 59.9 Å². The number of hydrogen-bond donors (Lipinski definition) is 1. The lowest BCUT2D eigenvalue weighted by atomic mass is 9.87. The summed E-state index contributed by atoms with van der Waals surface area (Å²) in [6.45, 7) is 7.18. The molecule has 1 aliphatic rings. The summed E-state index contributed by atoms with van der Waals surface area (Å²) in [5.74, 6) is 0.0284. The Balaban J connectivity index is 1.48. The van der Waals surface area contributed by atoms with Crippen molar-refractivity contribution < 1.29 is 4.79 Å². The van der Waals surface area contributed by atoms with Crippen molar-refractivity contribution in [2.45, 2.75) is 64.5 Å². The topological polar surface area (TPSA) is 77.6 Å². The molecule has 1 N–H and O–H groups in total. The summed E-state index contributed by atoms with van der Waals surface area (Å²) in [5, 5.41) is 11.9. The van der Waals surface area contributed by atoms with Crippen LogP contribution in [0.5, 0.6) is 0 Å². The van der Waals surface area contributed by atoms with Gasteiger partial charge >= 0.3 is 0 Å². The van der Waals surface area contributed by atoms with Crippen LogP contribution >= 0.6 is 0 Å². The largest absolute Gasteiger partial charge is 0.349 e. The minimum atomic E-state index is 0.0181. The Kier molecular flexibility index (Phi) is 5.22. The molecule has 0 spiro atoms. The Morgan fingerprint density at radius 1 is 1.21 bits per heavy atom. The SMILES string of the molecule is CC(C)(C)c1ccc(-n2ncc3c2CCC[C@@H]3NC(=O)CCn2cncn2)cc1. The van der Waals surface area contributed by atoms with Crippen LogP contribution in [0.15, 0.2) is 43.1 Å². The molecular weight excluding hydrogens is 364 g/mol. The van der Waals surface area contributed by atoms with Crippen LogP contribution in [0.2, 0.25) is 0 Å². The summed E-state index contributed by atoms with van der Waals surface area (Å²) in [5.41, 5.74) is 4.83. The second kappa shape index (κ2) is 7.81. The van der Waals surface area contributed by atoms with E-state index in [1.807, 2.05) is 10.9 Å². The molecule has 2 heterocycles. The first kappa shape index (κ1) is 19.4. The van der Waals surface area contributed by atoms with Crippen molar-refractivity contribution in [1.29, 1.82) is 0 Å². The van der Waals surface area contributed by atoms with E-state index in [4.69, 9.17) is 0 Å². The maximum Gasteiger partial charge on any atom is 0.222 e. The average molecular weight is 393 g/mol. The van der Waals surface area contributed by atoms with Crippen molar-refractivity contribution in [1.82, 2.24) is 29.9 Å². The second-order valence-corrected chi connectivity index (χ2v) is 8.68. The van der Waals surface area contributed by atoms with E-state index in [0.29, 0.717) is 13.0 Å². The Bertz CT molecular complexity index is 966. The van der Waals surface area contributed by atoms with Crippen LogP contribution in [-0.2, 0) is 23.2 Å². The highest BCUT2D eigenvalue weighted by Crippen LogP contribution is 2.31. The molecule has 4 rings (SSSR count). The molecule has 29 heavy (non-hydrogen) atoms. The Morgan fingerprint density at radius 3 is 2.69 bits per heavy atom. The van der Waals surface area contributed by atoms with Gasteiger partial charge in [-0.3, -0.25) is 9.48 Å². The number of nitrogens with one attached hydrogen (secondary N) is 1. The highest BCUT2D eigenvalue weighted by molar-refractivity contribution is 5.76. The number of benzene rings is 1. The van der Waals surface area contributed by atoms with Gasteiger partial charge < -0.3 is 5.32 Å². The van der Waals surface area contributed by atoms with Gasteiger partial charge in [-0.15, -0.1) is 0 Å². The monoisotopic (exact) mass is 392 g/mol. The van der Waals surface area contributed by atoms with Gasteiger partial charge in [0.2, 0.25) is 5.91 Å². The van der Waals surface area contributed by atoms with E-state index in [2.05, 4.69) is 65.5 Å². The minimum absolute atomic E-state index is 0.0181. The number of fused-ring (bicyclic) bond motifs is 1. The van der Waals surface area contributed by atoms with Crippen LogP contribution in [0.1, 0.15) is 62.9 Å². The molecule has 0 saturated carbocycles. The van der Waals surface area contributed by atoms with Crippen molar-refractivity contribution in [2.75, 3.05) is 0 Å². The molecule has 1 aliphatic carbocycles. The molecule has 7 nitrogen and oxygen atoms in total. The molecule has 0 fully saturated rings. The lowest BCUT2D eigenvalue weighted by molar-refractivity contribution is -0.122. The van der Waals surface area contributed by atoms with Crippen LogP contribution in [0.25, 0.3) is 5.69 Å². The predicted molar refractivity (Wildman–Crippen MR) is 111 cm³/mol. The van der Waals surface area contributed by atoms with Gasteiger partial charge in [0.15, 0.2) is 0 Å². The van der Waals surface area contributed by atoms with Crippen LogP contribution in [0.4, 0.5) is 0 Å². The second-order valence-electron chi connectivity index (χ2n) is 8.68. The summed E-state index contributed by atoms with van der Waals surface area (Å²) in [4.78, 5) is 16.3. The highest BCUT2D eigenvalue weighted by atomic mass is 16.1. The molecule has 0 bridgehead atoms. The number of amides is 1. The summed E-state index contributed by atoms with van der Waals surface area (Å²) in [6.07, 6.45) is 8.35. The van der Waals surface area contributed by atoms with E-state index in [1.165, 1.54) is 17.6 Å².